The number of ether oxygens (including phenoxy) is 1. The molecule has 0 saturated carbocycles. The van der Waals surface area contributed by atoms with Crippen molar-refractivity contribution in [3.8, 4) is 0 Å². The molecule has 0 aliphatic carbocycles. The Bertz CT molecular complexity index is 636. The molecule has 3 fully saturated rings. The van der Waals surface area contributed by atoms with Gasteiger partial charge in [-0.2, -0.15) is 0 Å². The topological polar surface area (TPSA) is 51.5 Å². The molecule has 3 aliphatic heterocycles. The van der Waals surface area contributed by atoms with E-state index in [0.717, 1.165) is 50.9 Å². The molecule has 4 nitrogen and oxygen atoms in total. The van der Waals surface area contributed by atoms with Crippen molar-refractivity contribution in [2.75, 3.05) is 19.6 Å². The quantitative estimate of drug-likeness (QED) is 0.864. The highest BCUT2D eigenvalue weighted by Gasteiger charge is 2.61. The van der Waals surface area contributed by atoms with E-state index in [1.807, 2.05) is 6.07 Å². The van der Waals surface area contributed by atoms with Crippen LogP contribution in [0.1, 0.15) is 38.2 Å². The van der Waals surface area contributed by atoms with Gasteiger partial charge in [0.2, 0.25) is 0 Å². The molecule has 5 heteroatoms. The standard InChI is InChI=1S/C19H25FN2O2/c1-2-15-11-18(24-19(13-21-19)17(15)23)6-8-22(9-7-18)12-14-4-3-5-16(20)10-14/h3-5,10,15,21H,2,6-9,11-13H2,1H3. The lowest BCUT2D eigenvalue weighted by molar-refractivity contribution is -0.190. The monoisotopic (exact) mass is 332 g/mol. The molecule has 2 unspecified atom stereocenters. The third-order valence-corrected chi connectivity index (χ3v) is 5.83. The Morgan fingerprint density at radius 3 is 2.75 bits per heavy atom. The number of hydrogen-bond donors (Lipinski definition) is 1. The minimum atomic E-state index is -0.677. The van der Waals surface area contributed by atoms with E-state index in [0.29, 0.717) is 6.54 Å². The van der Waals surface area contributed by atoms with E-state index in [4.69, 9.17) is 4.74 Å². The highest BCUT2D eigenvalue weighted by molar-refractivity contribution is 5.92. The Labute approximate surface area is 142 Å². The van der Waals surface area contributed by atoms with Crippen LogP contribution >= 0.6 is 0 Å². The van der Waals surface area contributed by atoms with Crippen LogP contribution in [0.15, 0.2) is 24.3 Å². The molecule has 3 saturated heterocycles. The van der Waals surface area contributed by atoms with Crippen molar-refractivity contribution in [1.29, 1.82) is 0 Å². The third kappa shape index (κ3) is 2.89. The fraction of sp³-hybridized carbons (Fsp3) is 0.632. The molecule has 130 valence electrons. The Morgan fingerprint density at radius 1 is 1.38 bits per heavy atom. The Balaban J connectivity index is 1.41. The Morgan fingerprint density at radius 2 is 2.12 bits per heavy atom. The summed E-state index contributed by atoms with van der Waals surface area (Å²) in [5.41, 5.74) is 0.164. The molecule has 3 aliphatic rings. The Hall–Kier alpha value is -1.30. The number of hydrogen-bond acceptors (Lipinski definition) is 4. The van der Waals surface area contributed by atoms with Crippen molar-refractivity contribution >= 4 is 5.78 Å². The zero-order valence-corrected chi connectivity index (χ0v) is 14.2. The maximum atomic E-state index is 13.3. The van der Waals surface area contributed by atoms with Crippen molar-refractivity contribution in [3.05, 3.63) is 35.6 Å². The Kier molecular flexibility index (Phi) is 3.98. The molecular weight excluding hydrogens is 307 g/mol. The van der Waals surface area contributed by atoms with E-state index in [-0.39, 0.29) is 23.1 Å². The predicted molar refractivity (Wildman–Crippen MR) is 88.9 cm³/mol. The lowest BCUT2D eigenvalue weighted by Gasteiger charge is -2.48. The maximum absolute atomic E-state index is 13.3. The summed E-state index contributed by atoms with van der Waals surface area (Å²) < 4.78 is 19.7. The van der Waals surface area contributed by atoms with Crippen LogP contribution in [-0.4, -0.2) is 41.6 Å². The zero-order chi connectivity index (χ0) is 16.8. The van der Waals surface area contributed by atoms with E-state index in [9.17, 15) is 9.18 Å². The average molecular weight is 332 g/mol. The molecule has 0 amide bonds. The van der Waals surface area contributed by atoms with Crippen molar-refractivity contribution in [2.24, 2.45) is 5.92 Å². The number of rotatable bonds is 3. The van der Waals surface area contributed by atoms with Crippen LogP contribution in [0.3, 0.4) is 0 Å². The van der Waals surface area contributed by atoms with Gasteiger partial charge in [-0.3, -0.25) is 15.0 Å². The fourth-order valence-electron chi connectivity index (χ4n) is 4.31. The number of carbonyl (C=O) groups is 1. The molecule has 2 atom stereocenters. The second-order valence-corrected chi connectivity index (χ2v) is 7.55. The van der Waals surface area contributed by atoms with Gasteiger partial charge in [0.1, 0.15) is 5.82 Å². The van der Waals surface area contributed by atoms with Gasteiger partial charge in [-0.25, -0.2) is 4.39 Å². The molecule has 1 aromatic carbocycles. The summed E-state index contributed by atoms with van der Waals surface area (Å²) in [4.78, 5) is 14.8. The van der Waals surface area contributed by atoms with Gasteiger partial charge < -0.3 is 4.74 Å². The normalized spacial score (nSPS) is 32.4. The molecule has 0 bridgehead atoms. The molecule has 1 aromatic rings. The number of Topliss-reactive ketones (excluding diaryl/α,β-unsaturated/α-hetero) is 1. The van der Waals surface area contributed by atoms with Gasteiger partial charge in [-0.15, -0.1) is 0 Å². The highest BCUT2D eigenvalue weighted by atomic mass is 19.1. The summed E-state index contributed by atoms with van der Waals surface area (Å²) in [6.07, 6.45) is 3.62. The van der Waals surface area contributed by atoms with Crippen molar-refractivity contribution in [1.82, 2.24) is 10.2 Å². The number of piperidine rings is 1. The number of carbonyl (C=O) groups excluding carboxylic acids is 1. The van der Waals surface area contributed by atoms with E-state index >= 15 is 0 Å². The van der Waals surface area contributed by atoms with Gasteiger partial charge in [0.05, 0.1) is 5.60 Å². The summed E-state index contributed by atoms with van der Waals surface area (Å²) in [6.45, 7) is 5.38. The first-order valence-corrected chi connectivity index (χ1v) is 9.01. The summed E-state index contributed by atoms with van der Waals surface area (Å²) in [5.74, 6) is 0.184. The molecule has 3 heterocycles. The van der Waals surface area contributed by atoms with Crippen LogP contribution in [0.5, 0.6) is 0 Å². The van der Waals surface area contributed by atoms with Gasteiger partial charge in [0.25, 0.3) is 0 Å². The number of ketones is 1. The third-order valence-electron chi connectivity index (χ3n) is 5.83. The van der Waals surface area contributed by atoms with Crippen LogP contribution in [0.4, 0.5) is 4.39 Å². The smallest absolute Gasteiger partial charge is 0.192 e. The fourth-order valence-corrected chi connectivity index (χ4v) is 4.31. The highest BCUT2D eigenvalue weighted by Crippen LogP contribution is 2.45. The minimum absolute atomic E-state index is 0.114. The van der Waals surface area contributed by atoms with Gasteiger partial charge in [-0.05, 0) is 43.4 Å². The number of benzene rings is 1. The minimum Gasteiger partial charge on any atom is -0.345 e. The number of nitrogens with zero attached hydrogens (tertiary/aromatic N) is 1. The number of likely N-dealkylation sites (tertiary alicyclic amines) is 1. The lowest BCUT2D eigenvalue weighted by Crippen LogP contribution is -2.57. The first-order chi connectivity index (χ1) is 11.5. The van der Waals surface area contributed by atoms with Crippen molar-refractivity contribution in [3.63, 3.8) is 0 Å². The van der Waals surface area contributed by atoms with E-state index < -0.39 is 5.72 Å². The molecule has 24 heavy (non-hydrogen) atoms. The first kappa shape index (κ1) is 16.2. The van der Waals surface area contributed by atoms with Crippen molar-refractivity contribution in [2.45, 2.75) is 50.5 Å². The van der Waals surface area contributed by atoms with E-state index in [1.54, 1.807) is 12.1 Å². The van der Waals surface area contributed by atoms with Crippen LogP contribution < -0.4 is 5.32 Å². The summed E-state index contributed by atoms with van der Waals surface area (Å²) >= 11 is 0. The first-order valence-electron chi connectivity index (χ1n) is 9.01. The number of nitrogens with one attached hydrogen (secondary N) is 1. The number of halogens is 1. The molecule has 2 spiro atoms. The summed E-state index contributed by atoms with van der Waals surface area (Å²) in [6, 6.07) is 6.82. The molecular formula is C19H25FN2O2. The molecule has 0 aromatic heterocycles. The molecule has 1 N–H and O–H groups in total. The zero-order valence-electron chi connectivity index (χ0n) is 14.2. The average Bonchev–Trinajstić information content (AvgIpc) is 3.34. The predicted octanol–water partition coefficient (Wildman–Crippen LogP) is 2.48. The summed E-state index contributed by atoms with van der Waals surface area (Å²) in [5, 5.41) is 3.17. The van der Waals surface area contributed by atoms with Crippen LogP contribution in [0.25, 0.3) is 0 Å². The van der Waals surface area contributed by atoms with E-state index in [2.05, 4.69) is 17.1 Å². The van der Waals surface area contributed by atoms with Gasteiger partial charge in [0, 0.05) is 32.1 Å². The molecule has 4 rings (SSSR count). The summed E-state index contributed by atoms with van der Waals surface area (Å²) in [7, 11) is 0. The van der Waals surface area contributed by atoms with Gasteiger partial charge in [-0.1, -0.05) is 19.1 Å². The van der Waals surface area contributed by atoms with Gasteiger partial charge in [0.15, 0.2) is 11.5 Å². The second kappa shape index (κ2) is 5.90. The van der Waals surface area contributed by atoms with Crippen LogP contribution in [0, 0.1) is 11.7 Å². The van der Waals surface area contributed by atoms with Gasteiger partial charge >= 0.3 is 0 Å². The SMILES string of the molecule is CCC1CC2(CCN(Cc3cccc(F)c3)CC2)OC2(CN2)C1=O. The van der Waals surface area contributed by atoms with Crippen molar-refractivity contribution < 1.29 is 13.9 Å². The van der Waals surface area contributed by atoms with Crippen LogP contribution in [0.2, 0.25) is 0 Å². The lowest BCUT2D eigenvalue weighted by atomic mass is 9.76. The van der Waals surface area contributed by atoms with E-state index in [1.165, 1.54) is 6.07 Å². The largest absolute Gasteiger partial charge is 0.345 e. The van der Waals surface area contributed by atoms with Crippen LogP contribution in [-0.2, 0) is 16.1 Å². The second-order valence-electron chi connectivity index (χ2n) is 7.55. The maximum Gasteiger partial charge on any atom is 0.192 e. The molecule has 0 radical (unpaired) electrons.